The van der Waals surface area contributed by atoms with Gasteiger partial charge < -0.3 is 5.11 Å². The molecule has 0 bridgehead atoms. The lowest BCUT2D eigenvalue weighted by molar-refractivity contribution is -0.131. The first-order chi connectivity index (χ1) is 5.27. The molecule has 0 atom stereocenters. The van der Waals surface area contributed by atoms with Gasteiger partial charge in [0.1, 0.15) is 6.29 Å². The van der Waals surface area contributed by atoms with Crippen LogP contribution in [0, 0.1) is 0 Å². The highest BCUT2D eigenvalue weighted by Gasteiger charge is 1.78. The van der Waals surface area contributed by atoms with Crippen LogP contribution in [0.4, 0.5) is 0 Å². The molecule has 0 amide bonds. The van der Waals surface area contributed by atoms with Gasteiger partial charge in [-0.1, -0.05) is 24.3 Å². The first kappa shape index (κ1) is 9.36. The summed E-state index contributed by atoms with van der Waals surface area (Å²) in [4.78, 5) is 19.6. The van der Waals surface area contributed by atoms with Gasteiger partial charge in [-0.05, 0) is 6.08 Å². The Balaban J connectivity index is 3.68. The molecule has 3 heteroatoms. The highest BCUT2D eigenvalue weighted by Crippen LogP contribution is 1.78. The zero-order valence-corrected chi connectivity index (χ0v) is 5.81. The molecule has 0 radical (unpaired) electrons. The zero-order chi connectivity index (χ0) is 8.53. The van der Waals surface area contributed by atoms with Crippen molar-refractivity contribution < 1.29 is 14.7 Å². The molecular formula is C8H8O3. The molecule has 0 aromatic rings. The van der Waals surface area contributed by atoms with Crippen LogP contribution in [0.2, 0.25) is 0 Å². The Morgan fingerprint density at radius 2 is 1.55 bits per heavy atom. The van der Waals surface area contributed by atoms with E-state index in [1.165, 1.54) is 24.3 Å². The average Bonchev–Trinajstić information content (AvgIpc) is 1.96. The summed E-state index contributed by atoms with van der Waals surface area (Å²) in [5.74, 6) is -0.992. The molecule has 0 aliphatic rings. The molecule has 0 fully saturated rings. The Hall–Kier alpha value is -1.64. The van der Waals surface area contributed by atoms with E-state index in [0.29, 0.717) is 6.29 Å². The number of hydrogen-bond donors (Lipinski definition) is 1. The molecule has 0 aliphatic carbocycles. The van der Waals surface area contributed by atoms with Crippen LogP contribution in [-0.2, 0) is 9.59 Å². The number of carbonyl (C=O) groups is 2. The Morgan fingerprint density at radius 1 is 1.00 bits per heavy atom. The van der Waals surface area contributed by atoms with Gasteiger partial charge >= 0.3 is 5.97 Å². The van der Waals surface area contributed by atoms with E-state index >= 15 is 0 Å². The normalized spacial score (nSPS) is 11.6. The van der Waals surface area contributed by atoms with Crippen molar-refractivity contribution in [2.45, 2.75) is 0 Å². The van der Waals surface area contributed by atoms with Crippen molar-refractivity contribution in [3.8, 4) is 0 Å². The number of aldehydes is 1. The van der Waals surface area contributed by atoms with E-state index in [2.05, 4.69) is 0 Å². The maximum Gasteiger partial charge on any atom is 0.328 e. The van der Waals surface area contributed by atoms with Crippen molar-refractivity contribution in [2.24, 2.45) is 0 Å². The summed E-state index contributed by atoms with van der Waals surface area (Å²) in [6, 6.07) is 0. The Bertz CT molecular complexity index is 211. The Kier molecular flexibility index (Phi) is 5.51. The standard InChI is InChI=1S/C8H8O3/c9-7-5-3-1-2-4-6-8(10)11/h1-7H,(H,10,11). The van der Waals surface area contributed by atoms with E-state index in [1.807, 2.05) is 0 Å². The monoisotopic (exact) mass is 152 g/mol. The smallest absolute Gasteiger partial charge is 0.328 e. The number of carboxylic acids is 1. The van der Waals surface area contributed by atoms with Crippen LogP contribution in [-0.4, -0.2) is 17.4 Å². The fourth-order valence-corrected chi connectivity index (χ4v) is 0.376. The maximum absolute atomic E-state index is 9.89. The molecule has 0 rings (SSSR count). The lowest BCUT2D eigenvalue weighted by Crippen LogP contribution is -1.84. The van der Waals surface area contributed by atoms with Crippen LogP contribution in [0.25, 0.3) is 0 Å². The summed E-state index contributed by atoms with van der Waals surface area (Å²) in [6.45, 7) is 0. The topological polar surface area (TPSA) is 54.4 Å². The molecule has 0 saturated carbocycles. The number of hydrogen-bond acceptors (Lipinski definition) is 2. The average molecular weight is 152 g/mol. The minimum atomic E-state index is -0.992. The summed E-state index contributed by atoms with van der Waals surface area (Å²) in [6.07, 6.45) is 8.93. The van der Waals surface area contributed by atoms with Crippen LogP contribution in [0.1, 0.15) is 0 Å². The molecule has 0 saturated heterocycles. The Morgan fingerprint density at radius 3 is 2.09 bits per heavy atom. The molecule has 0 spiro atoms. The van der Waals surface area contributed by atoms with Gasteiger partial charge in [0.05, 0.1) is 0 Å². The van der Waals surface area contributed by atoms with Gasteiger partial charge in [-0.2, -0.15) is 0 Å². The van der Waals surface area contributed by atoms with Crippen molar-refractivity contribution in [3.05, 3.63) is 36.5 Å². The molecule has 0 heterocycles. The Labute approximate surface area is 64.3 Å². The molecular weight excluding hydrogens is 144 g/mol. The highest BCUT2D eigenvalue weighted by molar-refractivity contribution is 5.80. The van der Waals surface area contributed by atoms with E-state index < -0.39 is 5.97 Å². The predicted molar refractivity (Wildman–Crippen MR) is 41.1 cm³/mol. The summed E-state index contributed by atoms with van der Waals surface area (Å²) in [5.41, 5.74) is 0. The molecule has 3 nitrogen and oxygen atoms in total. The van der Waals surface area contributed by atoms with Crippen LogP contribution in [0.15, 0.2) is 36.5 Å². The first-order valence-electron chi connectivity index (χ1n) is 2.95. The SMILES string of the molecule is O=CC=CC=CC=CC(=O)O. The van der Waals surface area contributed by atoms with Crippen molar-refractivity contribution in [1.29, 1.82) is 0 Å². The van der Waals surface area contributed by atoms with Gasteiger partial charge in [0.25, 0.3) is 0 Å². The minimum Gasteiger partial charge on any atom is -0.478 e. The van der Waals surface area contributed by atoms with Crippen LogP contribution < -0.4 is 0 Å². The lowest BCUT2D eigenvalue weighted by atomic mass is 10.4. The lowest BCUT2D eigenvalue weighted by Gasteiger charge is -1.73. The second-order valence-corrected chi connectivity index (χ2v) is 1.60. The number of rotatable bonds is 4. The number of aliphatic carboxylic acids is 1. The third-order valence-electron chi connectivity index (χ3n) is 0.762. The minimum absolute atomic E-state index is 0.644. The van der Waals surface area contributed by atoms with Crippen LogP contribution in [0.5, 0.6) is 0 Å². The third kappa shape index (κ3) is 8.36. The predicted octanol–water partition coefficient (Wildman–Crippen LogP) is 0.938. The fraction of sp³-hybridized carbons (Fsp3) is 0. The molecule has 0 aromatic carbocycles. The fourth-order valence-electron chi connectivity index (χ4n) is 0.376. The van der Waals surface area contributed by atoms with E-state index in [-0.39, 0.29) is 0 Å². The second kappa shape index (κ2) is 6.48. The number of allylic oxidation sites excluding steroid dienone is 5. The van der Waals surface area contributed by atoms with Crippen molar-refractivity contribution in [1.82, 2.24) is 0 Å². The second-order valence-electron chi connectivity index (χ2n) is 1.60. The van der Waals surface area contributed by atoms with Gasteiger partial charge in [-0.15, -0.1) is 0 Å². The molecule has 58 valence electrons. The number of carboxylic acid groups (broad SMARTS) is 1. The molecule has 0 aliphatic heterocycles. The van der Waals surface area contributed by atoms with Gasteiger partial charge in [0.2, 0.25) is 0 Å². The highest BCUT2D eigenvalue weighted by atomic mass is 16.4. The van der Waals surface area contributed by atoms with E-state index in [4.69, 9.17) is 5.11 Å². The van der Waals surface area contributed by atoms with E-state index in [1.54, 1.807) is 6.08 Å². The summed E-state index contributed by atoms with van der Waals surface area (Å²) < 4.78 is 0. The van der Waals surface area contributed by atoms with Crippen molar-refractivity contribution >= 4 is 12.3 Å². The van der Waals surface area contributed by atoms with Gasteiger partial charge in [0, 0.05) is 6.08 Å². The summed E-state index contributed by atoms with van der Waals surface area (Å²) >= 11 is 0. The van der Waals surface area contributed by atoms with E-state index in [0.717, 1.165) is 6.08 Å². The quantitative estimate of drug-likeness (QED) is 0.370. The maximum atomic E-state index is 9.89. The van der Waals surface area contributed by atoms with Crippen LogP contribution in [0.3, 0.4) is 0 Å². The molecule has 0 unspecified atom stereocenters. The van der Waals surface area contributed by atoms with E-state index in [9.17, 15) is 9.59 Å². The first-order valence-corrected chi connectivity index (χ1v) is 2.95. The van der Waals surface area contributed by atoms with Gasteiger partial charge in [-0.3, -0.25) is 4.79 Å². The van der Waals surface area contributed by atoms with Gasteiger partial charge in [0.15, 0.2) is 0 Å². The van der Waals surface area contributed by atoms with Crippen molar-refractivity contribution in [3.63, 3.8) is 0 Å². The molecule has 11 heavy (non-hydrogen) atoms. The molecule has 0 aromatic heterocycles. The third-order valence-corrected chi connectivity index (χ3v) is 0.762. The van der Waals surface area contributed by atoms with Crippen LogP contribution >= 0.6 is 0 Å². The largest absolute Gasteiger partial charge is 0.478 e. The summed E-state index contributed by atoms with van der Waals surface area (Å²) in [5, 5.41) is 8.12. The molecule has 1 N–H and O–H groups in total. The summed E-state index contributed by atoms with van der Waals surface area (Å²) in [7, 11) is 0. The van der Waals surface area contributed by atoms with Gasteiger partial charge in [-0.25, -0.2) is 4.79 Å². The number of carbonyl (C=O) groups excluding carboxylic acids is 1. The van der Waals surface area contributed by atoms with Crippen molar-refractivity contribution in [2.75, 3.05) is 0 Å². The zero-order valence-electron chi connectivity index (χ0n) is 5.81.